The summed E-state index contributed by atoms with van der Waals surface area (Å²) in [5.41, 5.74) is -1.76. The van der Waals surface area contributed by atoms with Crippen LogP contribution in [0.2, 0.25) is 0 Å². The van der Waals surface area contributed by atoms with E-state index in [1.807, 2.05) is 0 Å². The number of hydrogen-bond donors (Lipinski definition) is 2. The molecular weight excluding hydrogens is 377 g/mol. The highest BCUT2D eigenvalue weighted by Gasteiger charge is 2.33. The fourth-order valence-electron chi connectivity index (χ4n) is 2.34. The zero-order valence-corrected chi connectivity index (χ0v) is 14.7. The van der Waals surface area contributed by atoms with Gasteiger partial charge in [-0.15, -0.1) is 0 Å². The monoisotopic (exact) mass is 396 g/mol. The number of carbonyl (C=O) groups is 1. The molecule has 1 atom stereocenters. The molecule has 0 aromatic heterocycles. The van der Waals surface area contributed by atoms with Crippen molar-refractivity contribution < 1.29 is 35.9 Å². The van der Waals surface area contributed by atoms with Gasteiger partial charge in [0, 0.05) is 19.7 Å². The highest BCUT2D eigenvalue weighted by molar-refractivity contribution is 7.89. The van der Waals surface area contributed by atoms with Crippen molar-refractivity contribution in [2.24, 2.45) is 0 Å². The van der Waals surface area contributed by atoms with Crippen molar-refractivity contribution in [3.63, 3.8) is 0 Å². The fourth-order valence-corrected chi connectivity index (χ4v) is 3.48. The maximum absolute atomic E-state index is 13.0. The molecule has 0 amide bonds. The van der Waals surface area contributed by atoms with Crippen LogP contribution in [0.5, 0.6) is 0 Å². The second-order valence-corrected chi connectivity index (χ2v) is 7.40. The Balaban J connectivity index is 2.27. The lowest BCUT2D eigenvalue weighted by Gasteiger charge is -2.17. The average molecular weight is 396 g/mol. The predicted octanol–water partition coefficient (Wildman–Crippen LogP) is 1.15. The fraction of sp³-hybridized carbons (Fsp3) is 0.533. The van der Waals surface area contributed by atoms with Crippen LogP contribution in [0.3, 0.4) is 0 Å². The SMILES string of the molecule is COC(=O)c1cc(C(F)(F)F)cc(S(=O)(=O)NCC2CNCCCO2)c1. The van der Waals surface area contributed by atoms with E-state index in [0.29, 0.717) is 25.3 Å². The highest BCUT2D eigenvalue weighted by atomic mass is 32.2. The molecule has 0 spiro atoms. The number of methoxy groups -OCH3 is 1. The maximum atomic E-state index is 13.0. The normalized spacial score (nSPS) is 19.0. The molecule has 1 aromatic carbocycles. The van der Waals surface area contributed by atoms with Gasteiger partial charge in [0.05, 0.1) is 29.2 Å². The first-order valence-electron chi connectivity index (χ1n) is 7.76. The molecule has 1 aromatic rings. The zero-order valence-electron chi connectivity index (χ0n) is 13.9. The van der Waals surface area contributed by atoms with E-state index in [1.165, 1.54) is 0 Å². The molecule has 2 rings (SSSR count). The Morgan fingerprint density at radius 3 is 2.77 bits per heavy atom. The molecule has 0 aliphatic carbocycles. The molecule has 0 saturated carbocycles. The molecule has 1 aliphatic rings. The number of carbonyl (C=O) groups excluding carboxylic acids is 1. The van der Waals surface area contributed by atoms with Crippen LogP contribution in [0.25, 0.3) is 0 Å². The lowest BCUT2D eigenvalue weighted by atomic mass is 10.1. The van der Waals surface area contributed by atoms with Crippen molar-refractivity contribution in [3.05, 3.63) is 29.3 Å². The Kier molecular flexibility index (Phi) is 6.61. The second-order valence-electron chi connectivity index (χ2n) is 5.64. The van der Waals surface area contributed by atoms with Gasteiger partial charge in [0.2, 0.25) is 10.0 Å². The number of nitrogens with one attached hydrogen (secondary N) is 2. The quantitative estimate of drug-likeness (QED) is 0.726. The molecule has 7 nitrogen and oxygen atoms in total. The van der Waals surface area contributed by atoms with Crippen LogP contribution in [0.4, 0.5) is 13.2 Å². The van der Waals surface area contributed by atoms with Gasteiger partial charge in [-0.2, -0.15) is 13.2 Å². The smallest absolute Gasteiger partial charge is 0.416 e. The summed E-state index contributed by atoms with van der Waals surface area (Å²) < 4.78 is 75.9. The first kappa shape index (κ1) is 20.6. The van der Waals surface area contributed by atoms with E-state index >= 15 is 0 Å². The lowest BCUT2D eigenvalue weighted by molar-refractivity contribution is -0.137. The van der Waals surface area contributed by atoms with Crippen LogP contribution < -0.4 is 10.0 Å². The minimum absolute atomic E-state index is 0.112. The zero-order chi connectivity index (χ0) is 19.4. The molecule has 0 radical (unpaired) electrons. The van der Waals surface area contributed by atoms with Crippen LogP contribution in [0.1, 0.15) is 22.3 Å². The van der Waals surface area contributed by atoms with Gasteiger partial charge in [-0.05, 0) is 31.2 Å². The molecular formula is C15H19F3N2O5S. The van der Waals surface area contributed by atoms with Crippen LogP contribution in [0.15, 0.2) is 23.1 Å². The number of esters is 1. The number of halogens is 3. The number of rotatable bonds is 5. The van der Waals surface area contributed by atoms with Crippen LogP contribution in [0, 0.1) is 0 Å². The van der Waals surface area contributed by atoms with E-state index in [-0.39, 0.29) is 6.54 Å². The summed E-state index contributed by atoms with van der Waals surface area (Å²) in [5, 5.41) is 3.06. The molecule has 1 saturated heterocycles. The second kappa shape index (κ2) is 8.33. The molecule has 26 heavy (non-hydrogen) atoms. The largest absolute Gasteiger partial charge is 0.465 e. The minimum atomic E-state index is -4.82. The molecule has 0 bridgehead atoms. The number of hydrogen-bond acceptors (Lipinski definition) is 6. The number of benzene rings is 1. The molecule has 1 heterocycles. The molecule has 11 heteroatoms. The summed E-state index contributed by atoms with van der Waals surface area (Å²) in [6, 6.07) is 1.86. The van der Waals surface area contributed by atoms with Gasteiger partial charge in [-0.1, -0.05) is 0 Å². The van der Waals surface area contributed by atoms with E-state index in [9.17, 15) is 26.4 Å². The van der Waals surface area contributed by atoms with E-state index in [1.54, 1.807) is 0 Å². The summed E-state index contributed by atoms with van der Waals surface area (Å²) in [6.45, 7) is 1.49. The third-order valence-corrected chi connectivity index (χ3v) is 5.09. The van der Waals surface area contributed by atoms with Crippen LogP contribution in [-0.2, 0) is 25.7 Å². The van der Waals surface area contributed by atoms with Gasteiger partial charge >= 0.3 is 12.1 Å². The first-order valence-corrected chi connectivity index (χ1v) is 9.24. The van der Waals surface area contributed by atoms with Crippen LogP contribution in [-0.4, -0.2) is 53.8 Å². The van der Waals surface area contributed by atoms with Crippen molar-refractivity contribution in [2.75, 3.05) is 33.4 Å². The Hall–Kier alpha value is -1.69. The van der Waals surface area contributed by atoms with E-state index in [4.69, 9.17) is 4.74 Å². The third kappa shape index (κ3) is 5.40. The summed E-state index contributed by atoms with van der Waals surface area (Å²) in [6.07, 6.45) is -4.49. The third-order valence-electron chi connectivity index (χ3n) is 3.69. The van der Waals surface area contributed by atoms with E-state index in [2.05, 4.69) is 14.8 Å². The number of ether oxygens (including phenoxy) is 2. The van der Waals surface area contributed by atoms with Crippen molar-refractivity contribution in [2.45, 2.75) is 23.6 Å². The maximum Gasteiger partial charge on any atom is 0.416 e. The summed E-state index contributed by atoms with van der Waals surface area (Å²) in [4.78, 5) is 10.9. The number of sulfonamides is 1. The summed E-state index contributed by atoms with van der Waals surface area (Å²) in [5.74, 6) is -1.07. The van der Waals surface area contributed by atoms with Crippen molar-refractivity contribution in [1.82, 2.24) is 10.0 Å². The Morgan fingerprint density at radius 2 is 2.12 bits per heavy atom. The number of alkyl halides is 3. The van der Waals surface area contributed by atoms with Gasteiger partial charge < -0.3 is 14.8 Å². The van der Waals surface area contributed by atoms with E-state index in [0.717, 1.165) is 26.1 Å². The molecule has 1 fully saturated rings. The lowest BCUT2D eigenvalue weighted by Crippen LogP contribution is -2.38. The highest BCUT2D eigenvalue weighted by Crippen LogP contribution is 2.32. The first-order chi connectivity index (χ1) is 12.1. The topological polar surface area (TPSA) is 93.7 Å². The minimum Gasteiger partial charge on any atom is -0.465 e. The van der Waals surface area contributed by atoms with Gasteiger partial charge in [0.25, 0.3) is 0 Å². The van der Waals surface area contributed by atoms with Crippen molar-refractivity contribution >= 4 is 16.0 Å². The Labute approximate surface area is 148 Å². The summed E-state index contributed by atoms with van der Waals surface area (Å²) >= 11 is 0. The molecule has 1 unspecified atom stereocenters. The average Bonchev–Trinajstić information content (AvgIpc) is 2.87. The predicted molar refractivity (Wildman–Crippen MR) is 85.2 cm³/mol. The standard InChI is InChI=1S/C15H19F3N2O5S/c1-24-14(21)10-5-11(15(16,17)18)7-13(6-10)26(22,23)20-9-12-8-19-3-2-4-25-12/h5-7,12,19-20H,2-4,8-9H2,1H3. The van der Waals surface area contributed by atoms with Gasteiger partial charge in [-0.25, -0.2) is 17.9 Å². The van der Waals surface area contributed by atoms with Crippen molar-refractivity contribution in [3.8, 4) is 0 Å². The Bertz CT molecular complexity index is 744. The van der Waals surface area contributed by atoms with Gasteiger partial charge in [0.1, 0.15) is 0 Å². The van der Waals surface area contributed by atoms with Crippen LogP contribution >= 0.6 is 0 Å². The Morgan fingerprint density at radius 1 is 1.38 bits per heavy atom. The molecule has 1 aliphatic heterocycles. The summed E-state index contributed by atoms with van der Waals surface area (Å²) in [7, 11) is -3.29. The molecule has 146 valence electrons. The van der Waals surface area contributed by atoms with E-state index < -0.39 is 44.3 Å². The molecule has 2 N–H and O–H groups in total. The van der Waals surface area contributed by atoms with Crippen molar-refractivity contribution in [1.29, 1.82) is 0 Å². The van der Waals surface area contributed by atoms with Gasteiger partial charge in [0.15, 0.2) is 0 Å². The van der Waals surface area contributed by atoms with Gasteiger partial charge in [-0.3, -0.25) is 0 Å².